The molecule has 2 aromatic rings. The number of alkyl halides is 3. The van der Waals surface area contributed by atoms with Gasteiger partial charge in [-0.15, -0.1) is 13.2 Å². The molecular weight excluding hydrogens is 419 g/mol. The molecule has 0 saturated carbocycles. The van der Waals surface area contributed by atoms with Crippen LogP contribution in [0.5, 0.6) is 5.75 Å². The van der Waals surface area contributed by atoms with Crippen molar-refractivity contribution in [2.45, 2.75) is 19.5 Å². The van der Waals surface area contributed by atoms with Gasteiger partial charge in [0.15, 0.2) is 0 Å². The number of amides is 2. The van der Waals surface area contributed by atoms with Crippen LogP contribution >= 0.6 is 11.6 Å². The monoisotopic (exact) mass is 439 g/mol. The standard InChI is InChI=1S/C21H21ClF3N3O2/c22-17-7-6-16(18(8-17)30-21(23,24)25)9-26-19(29)28-13-20(14-28)11-27(12-20)10-15-4-2-1-3-5-15/h1-8H,9-14H2,(H,26,29). The first kappa shape index (κ1) is 20.8. The zero-order valence-corrected chi connectivity index (χ0v) is 16.8. The van der Waals surface area contributed by atoms with Crippen LogP contribution in [-0.4, -0.2) is 48.4 Å². The Morgan fingerprint density at radius 2 is 1.80 bits per heavy atom. The highest BCUT2D eigenvalue weighted by molar-refractivity contribution is 6.30. The zero-order valence-electron chi connectivity index (χ0n) is 16.1. The molecule has 2 heterocycles. The second-order valence-corrected chi connectivity index (χ2v) is 8.38. The third-order valence-electron chi connectivity index (χ3n) is 5.39. The molecule has 2 aliphatic heterocycles. The number of ether oxygens (including phenoxy) is 1. The number of benzene rings is 2. The Kier molecular flexibility index (Phi) is 5.55. The number of rotatable bonds is 5. The molecule has 0 radical (unpaired) electrons. The van der Waals surface area contributed by atoms with Crippen molar-refractivity contribution >= 4 is 17.6 Å². The third kappa shape index (κ3) is 4.82. The summed E-state index contributed by atoms with van der Waals surface area (Å²) < 4.78 is 41.7. The van der Waals surface area contributed by atoms with Crippen LogP contribution in [0.15, 0.2) is 48.5 Å². The minimum Gasteiger partial charge on any atom is -0.405 e. The molecule has 0 bridgehead atoms. The maximum absolute atomic E-state index is 12.6. The van der Waals surface area contributed by atoms with Crippen molar-refractivity contribution in [3.63, 3.8) is 0 Å². The first-order valence-corrected chi connectivity index (χ1v) is 9.92. The Bertz CT molecular complexity index is 909. The van der Waals surface area contributed by atoms with Gasteiger partial charge in [-0.25, -0.2) is 4.79 Å². The van der Waals surface area contributed by atoms with Gasteiger partial charge in [0.05, 0.1) is 0 Å². The summed E-state index contributed by atoms with van der Waals surface area (Å²) >= 11 is 5.76. The molecule has 2 aromatic carbocycles. The number of carbonyl (C=O) groups excluding carboxylic acids is 1. The number of carbonyl (C=O) groups is 1. The Labute approximate surface area is 177 Å². The van der Waals surface area contributed by atoms with Crippen LogP contribution in [0.3, 0.4) is 0 Å². The summed E-state index contributed by atoms with van der Waals surface area (Å²) in [6.07, 6.45) is -4.83. The molecule has 5 nitrogen and oxygen atoms in total. The molecule has 0 aromatic heterocycles. The van der Waals surface area contributed by atoms with Gasteiger partial charge in [0.25, 0.3) is 0 Å². The lowest BCUT2D eigenvalue weighted by Gasteiger charge is -2.60. The summed E-state index contributed by atoms with van der Waals surface area (Å²) in [5, 5.41) is 2.79. The number of urea groups is 1. The minimum atomic E-state index is -4.83. The molecule has 4 rings (SSSR count). The summed E-state index contributed by atoms with van der Waals surface area (Å²) in [5.74, 6) is -0.411. The first-order chi connectivity index (χ1) is 14.2. The molecule has 160 valence electrons. The van der Waals surface area contributed by atoms with Crippen LogP contribution in [0.1, 0.15) is 11.1 Å². The van der Waals surface area contributed by atoms with E-state index in [1.54, 1.807) is 4.90 Å². The molecule has 2 saturated heterocycles. The molecule has 0 unspecified atom stereocenters. The highest BCUT2D eigenvalue weighted by Gasteiger charge is 2.52. The lowest BCUT2D eigenvalue weighted by Crippen LogP contribution is -2.73. The molecule has 2 amide bonds. The number of nitrogens with zero attached hydrogens (tertiary/aromatic N) is 2. The van der Waals surface area contributed by atoms with Crippen LogP contribution in [0, 0.1) is 5.41 Å². The second kappa shape index (κ2) is 8.00. The van der Waals surface area contributed by atoms with Gasteiger partial charge < -0.3 is 15.0 Å². The summed E-state index contributed by atoms with van der Waals surface area (Å²) in [6.45, 7) is 3.99. The van der Waals surface area contributed by atoms with Crippen molar-refractivity contribution in [3.05, 3.63) is 64.7 Å². The van der Waals surface area contributed by atoms with Crippen molar-refractivity contribution in [3.8, 4) is 5.75 Å². The van der Waals surface area contributed by atoms with E-state index in [-0.39, 0.29) is 28.6 Å². The van der Waals surface area contributed by atoms with Crippen LogP contribution in [-0.2, 0) is 13.1 Å². The minimum absolute atomic E-state index is 0.0783. The molecule has 30 heavy (non-hydrogen) atoms. The lowest BCUT2D eigenvalue weighted by atomic mass is 9.73. The summed E-state index contributed by atoms with van der Waals surface area (Å²) in [6, 6.07) is 13.9. The van der Waals surface area contributed by atoms with Gasteiger partial charge in [0.1, 0.15) is 5.75 Å². The fraction of sp³-hybridized carbons (Fsp3) is 0.381. The smallest absolute Gasteiger partial charge is 0.405 e. The van der Waals surface area contributed by atoms with E-state index in [0.717, 1.165) is 25.7 Å². The van der Waals surface area contributed by atoms with Crippen molar-refractivity contribution in [1.82, 2.24) is 15.1 Å². The average molecular weight is 440 g/mol. The van der Waals surface area contributed by atoms with Gasteiger partial charge >= 0.3 is 12.4 Å². The molecule has 0 atom stereocenters. The van der Waals surface area contributed by atoms with E-state index in [1.807, 2.05) is 18.2 Å². The molecule has 1 spiro atoms. The summed E-state index contributed by atoms with van der Waals surface area (Å²) in [4.78, 5) is 16.4. The van der Waals surface area contributed by atoms with Crippen molar-refractivity contribution in [1.29, 1.82) is 0 Å². The number of likely N-dealkylation sites (tertiary alicyclic amines) is 2. The fourth-order valence-electron chi connectivity index (χ4n) is 4.14. The fourth-order valence-corrected chi connectivity index (χ4v) is 4.30. The maximum atomic E-state index is 12.6. The number of halogens is 4. The quantitative estimate of drug-likeness (QED) is 0.757. The largest absolute Gasteiger partial charge is 0.573 e. The molecule has 2 aliphatic rings. The molecule has 2 fully saturated rings. The summed E-state index contributed by atoms with van der Waals surface area (Å²) in [5.41, 5.74) is 1.61. The SMILES string of the molecule is O=C(NCc1ccc(Cl)cc1OC(F)(F)F)N1CC2(CN(Cc3ccccc3)C2)C1. The van der Waals surface area contributed by atoms with Crippen molar-refractivity contribution in [2.24, 2.45) is 5.41 Å². The maximum Gasteiger partial charge on any atom is 0.573 e. The highest BCUT2D eigenvalue weighted by Crippen LogP contribution is 2.40. The van der Waals surface area contributed by atoms with E-state index in [2.05, 4.69) is 27.1 Å². The van der Waals surface area contributed by atoms with Gasteiger partial charge in [-0.1, -0.05) is 48.0 Å². The first-order valence-electron chi connectivity index (χ1n) is 9.55. The van der Waals surface area contributed by atoms with Gasteiger partial charge in [0, 0.05) is 55.3 Å². The lowest BCUT2D eigenvalue weighted by molar-refractivity contribution is -0.274. The van der Waals surface area contributed by atoms with Gasteiger partial charge in [-0.05, 0) is 17.7 Å². The number of nitrogens with one attached hydrogen (secondary N) is 1. The molecule has 0 aliphatic carbocycles. The van der Waals surface area contributed by atoms with Crippen LogP contribution in [0.4, 0.5) is 18.0 Å². The van der Waals surface area contributed by atoms with E-state index in [1.165, 1.54) is 17.7 Å². The Balaban J connectivity index is 1.24. The predicted octanol–water partition coefficient (Wildman–Crippen LogP) is 4.27. The molecular formula is C21H21ClF3N3O2. The Morgan fingerprint density at radius 3 is 2.47 bits per heavy atom. The summed E-state index contributed by atoms with van der Waals surface area (Å²) in [7, 11) is 0. The van der Waals surface area contributed by atoms with Gasteiger partial charge in [0.2, 0.25) is 0 Å². The third-order valence-corrected chi connectivity index (χ3v) is 5.63. The highest BCUT2D eigenvalue weighted by atomic mass is 35.5. The van der Waals surface area contributed by atoms with Crippen LogP contribution < -0.4 is 10.1 Å². The van der Waals surface area contributed by atoms with Crippen LogP contribution in [0.25, 0.3) is 0 Å². The Hall–Kier alpha value is -2.45. The van der Waals surface area contributed by atoms with Gasteiger partial charge in [-0.2, -0.15) is 0 Å². The number of hydrogen-bond acceptors (Lipinski definition) is 3. The topological polar surface area (TPSA) is 44.8 Å². The van der Waals surface area contributed by atoms with Crippen LogP contribution in [0.2, 0.25) is 5.02 Å². The van der Waals surface area contributed by atoms with E-state index < -0.39 is 12.1 Å². The van der Waals surface area contributed by atoms with E-state index >= 15 is 0 Å². The van der Waals surface area contributed by atoms with E-state index in [4.69, 9.17) is 11.6 Å². The van der Waals surface area contributed by atoms with E-state index in [0.29, 0.717) is 13.1 Å². The Morgan fingerprint density at radius 1 is 1.10 bits per heavy atom. The number of hydrogen-bond donors (Lipinski definition) is 1. The normalized spacial score (nSPS) is 17.9. The van der Waals surface area contributed by atoms with Crippen molar-refractivity contribution < 1.29 is 22.7 Å². The molecule has 1 N–H and O–H groups in total. The average Bonchev–Trinajstić information content (AvgIpc) is 2.61. The predicted molar refractivity (Wildman–Crippen MR) is 106 cm³/mol. The second-order valence-electron chi connectivity index (χ2n) is 7.95. The van der Waals surface area contributed by atoms with Gasteiger partial charge in [-0.3, -0.25) is 4.90 Å². The van der Waals surface area contributed by atoms with E-state index in [9.17, 15) is 18.0 Å². The zero-order chi connectivity index (χ0) is 21.4. The van der Waals surface area contributed by atoms with Crippen molar-refractivity contribution in [2.75, 3.05) is 26.2 Å². The molecule has 9 heteroatoms.